The highest BCUT2D eigenvalue weighted by Crippen LogP contribution is 2.15. The van der Waals surface area contributed by atoms with Gasteiger partial charge in [0.1, 0.15) is 11.5 Å². The first-order valence-electron chi connectivity index (χ1n) is 6.90. The van der Waals surface area contributed by atoms with Gasteiger partial charge in [0.15, 0.2) is 0 Å². The molecular formula is C15H22N2O2S. The van der Waals surface area contributed by atoms with E-state index in [1.165, 1.54) is 11.3 Å². The summed E-state index contributed by atoms with van der Waals surface area (Å²) in [5.41, 5.74) is 0.685. The molecule has 1 amide bonds. The van der Waals surface area contributed by atoms with Crippen molar-refractivity contribution >= 4 is 17.2 Å². The van der Waals surface area contributed by atoms with Crippen molar-refractivity contribution in [3.8, 4) is 11.8 Å². The Morgan fingerprint density at radius 1 is 1.45 bits per heavy atom. The van der Waals surface area contributed by atoms with Crippen LogP contribution in [0.5, 0.6) is 0 Å². The highest BCUT2D eigenvalue weighted by molar-refractivity contribution is 7.12. The van der Waals surface area contributed by atoms with E-state index in [0.29, 0.717) is 17.0 Å². The van der Waals surface area contributed by atoms with Gasteiger partial charge in [0.05, 0.1) is 0 Å². The Morgan fingerprint density at radius 3 is 2.85 bits per heavy atom. The van der Waals surface area contributed by atoms with Crippen LogP contribution in [-0.2, 0) is 0 Å². The zero-order valence-electron chi connectivity index (χ0n) is 12.1. The highest BCUT2D eigenvalue weighted by Gasteiger charge is 2.11. The summed E-state index contributed by atoms with van der Waals surface area (Å²) in [7, 11) is 0. The molecule has 0 unspecified atom stereocenters. The molecule has 20 heavy (non-hydrogen) atoms. The van der Waals surface area contributed by atoms with Gasteiger partial charge in [-0.05, 0) is 37.5 Å². The third kappa shape index (κ3) is 5.33. The Hall–Kier alpha value is -1.35. The number of amides is 1. The molecule has 0 fully saturated rings. The predicted octanol–water partition coefficient (Wildman–Crippen LogP) is 1.55. The van der Waals surface area contributed by atoms with E-state index in [1.54, 1.807) is 6.07 Å². The summed E-state index contributed by atoms with van der Waals surface area (Å²) in [5, 5.41) is 13.5. The van der Waals surface area contributed by atoms with Crippen LogP contribution < -0.4 is 5.32 Å². The summed E-state index contributed by atoms with van der Waals surface area (Å²) in [6, 6.07) is 1.80. The number of hydrogen-bond acceptors (Lipinski definition) is 4. The van der Waals surface area contributed by atoms with Gasteiger partial charge in [0.25, 0.3) is 5.91 Å². The normalized spacial score (nSPS) is 10.2. The molecule has 0 saturated carbocycles. The molecular weight excluding hydrogens is 272 g/mol. The molecule has 0 bridgehead atoms. The van der Waals surface area contributed by atoms with Gasteiger partial charge >= 0.3 is 0 Å². The third-order valence-corrected chi connectivity index (χ3v) is 3.92. The second-order valence-electron chi connectivity index (χ2n) is 4.26. The fourth-order valence-electron chi connectivity index (χ4n) is 1.84. The van der Waals surface area contributed by atoms with Crippen molar-refractivity contribution in [1.82, 2.24) is 10.2 Å². The quantitative estimate of drug-likeness (QED) is 0.593. The second kappa shape index (κ2) is 9.54. The SMILES string of the molecule is CCN(CC)CCCNC(=O)c1sccc1C#CCO. The van der Waals surface area contributed by atoms with Crippen molar-refractivity contribution in [2.24, 2.45) is 0 Å². The number of carbonyl (C=O) groups is 1. The van der Waals surface area contributed by atoms with Crippen LogP contribution in [0, 0.1) is 11.8 Å². The minimum Gasteiger partial charge on any atom is -0.384 e. The largest absolute Gasteiger partial charge is 0.384 e. The Bertz CT molecular complexity index is 470. The summed E-state index contributed by atoms with van der Waals surface area (Å²) in [5.74, 6) is 5.28. The van der Waals surface area contributed by atoms with Crippen LogP contribution in [0.2, 0.25) is 0 Å². The molecule has 0 saturated heterocycles. The molecule has 0 aromatic carbocycles. The summed E-state index contributed by atoms with van der Waals surface area (Å²) in [6.45, 7) is 7.82. The van der Waals surface area contributed by atoms with Gasteiger partial charge in [-0.2, -0.15) is 0 Å². The predicted molar refractivity (Wildman–Crippen MR) is 83.0 cm³/mol. The van der Waals surface area contributed by atoms with Crippen LogP contribution in [0.4, 0.5) is 0 Å². The average Bonchev–Trinajstić information content (AvgIpc) is 2.93. The summed E-state index contributed by atoms with van der Waals surface area (Å²) in [4.78, 5) is 15.0. The van der Waals surface area contributed by atoms with Crippen molar-refractivity contribution in [3.63, 3.8) is 0 Å². The molecule has 5 heteroatoms. The average molecular weight is 294 g/mol. The zero-order valence-corrected chi connectivity index (χ0v) is 12.9. The molecule has 0 aliphatic carbocycles. The topological polar surface area (TPSA) is 52.6 Å². The monoisotopic (exact) mass is 294 g/mol. The van der Waals surface area contributed by atoms with Gasteiger partial charge in [-0.1, -0.05) is 25.7 Å². The molecule has 2 N–H and O–H groups in total. The molecule has 0 aliphatic rings. The van der Waals surface area contributed by atoms with Crippen LogP contribution in [0.15, 0.2) is 11.4 Å². The molecule has 1 heterocycles. The van der Waals surface area contributed by atoms with E-state index in [-0.39, 0.29) is 12.5 Å². The maximum Gasteiger partial charge on any atom is 0.262 e. The van der Waals surface area contributed by atoms with E-state index in [0.717, 1.165) is 26.1 Å². The first-order valence-corrected chi connectivity index (χ1v) is 7.78. The lowest BCUT2D eigenvalue weighted by Gasteiger charge is -2.17. The van der Waals surface area contributed by atoms with Crippen molar-refractivity contribution in [1.29, 1.82) is 0 Å². The van der Waals surface area contributed by atoms with Crippen molar-refractivity contribution < 1.29 is 9.90 Å². The number of aliphatic hydroxyl groups is 1. The lowest BCUT2D eigenvalue weighted by molar-refractivity contribution is 0.0955. The van der Waals surface area contributed by atoms with Gasteiger partial charge < -0.3 is 15.3 Å². The Kier molecular flexibility index (Phi) is 7.97. The number of carbonyl (C=O) groups excluding carboxylic acids is 1. The first-order chi connectivity index (χ1) is 9.72. The van der Waals surface area contributed by atoms with E-state index in [2.05, 4.69) is 35.9 Å². The molecule has 0 atom stereocenters. The lowest BCUT2D eigenvalue weighted by Crippen LogP contribution is -2.29. The van der Waals surface area contributed by atoms with E-state index in [1.807, 2.05) is 5.38 Å². The number of nitrogens with zero attached hydrogens (tertiary/aromatic N) is 1. The molecule has 0 spiro atoms. The number of nitrogens with one attached hydrogen (secondary N) is 1. The van der Waals surface area contributed by atoms with E-state index in [9.17, 15) is 4.79 Å². The highest BCUT2D eigenvalue weighted by atomic mass is 32.1. The van der Waals surface area contributed by atoms with E-state index >= 15 is 0 Å². The molecule has 110 valence electrons. The number of aliphatic hydroxyl groups excluding tert-OH is 1. The van der Waals surface area contributed by atoms with Crippen LogP contribution in [0.3, 0.4) is 0 Å². The van der Waals surface area contributed by atoms with Crippen molar-refractivity contribution in [2.45, 2.75) is 20.3 Å². The minimum atomic E-state index is -0.194. The third-order valence-electron chi connectivity index (χ3n) is 3.00. The van der Waals surface area contributed by atoms with Gasteiger partial charge in [0.2, 0.25) is 0 Å². The van der Waals surface area contributed by atoms with E-state index < -0.39 is 0 Å². The molecule has 0 radical (unpaired) electrons. The van der Waals surface area contributed by atoms with Crippen molar-refractivity contribution in [3.05, 3.63) is 21.9 Å². The zero-order chi connectivity index (χ0) is 14.8. The van der Waals surface area contributed by atoms with Gasteiger partial charge in [-0.3, -0.25) is 4.79 Å². The molecule has 0 aliphatic heterocycles. The Labute approximate surface area is 124 Å². The summed E-state index contributed by atoms with van der Waals surface area (Å²) in [6.07, 6.45) is 0.941. The van der Waals surface area contributed by atoms with Crippen LogP contribution in [0.25, 0.3) is 0 Å². The minimum absolute atomic E-state index is 0.0817. The van der Waals surface area contributed by atoms with Crippen LogP contribution in [0.1, 0.15) is 35.5 Å². The van der Waals surface area contributed by atoms with Gasteiger partial charge in [-0.15, -0.1) is 11.3 Å². The van der Waals surface area contributed by atoms with Crippen molar-refractivity contribution in [2.75, 3.05) is 32.8 Å². The molecule has 1 aromatic heterocycles. The maximum absolute atomic E-state index is 12.0. The van der Waals surface area contributed by atoms with Crippen LogP contribution in [-0.4, -0.2) is 48.7 Å². The lowest BCUT2D eigenvalue weighted by atomic mass is 10.2. The van der Waals surface area contributed by atoms with Crippen LogP contribution >= 0.6 is 11.3 Å². The summed E-state index contributed by atoms with van der Waals surface area (Å²) >= 11 is 1.37. The molecule has 1 aromatic rings. The fraction of sp³-hybridized carbons (Fsp3) is 0.533. The Balaban J connectivity index is 2.42. The number of rotatable bonds is 7. The standard InChI is InChI=1S/C15H22N2O2S/c1-3-17(4-2)10-6-9-16-15(19)14-13(7-5-11-18)8-12-20-14/h8,12,18H,3-4,6,9-11H2,1-2H3,(H,16,19). The first kappa shape index (κ1) is 16.7. The number of thiophene rings is 1. The number of hydrogen-bond donors (Lipinski definition) is 2. The maximum atomic E-state index is 12.0. The molecule has 4 nitrogen and oxygen atoms in total. The smallest absolute Gasteiger partial charge is 0.262 e. The molecule has 1 rings (SSSR count). The summed E-state index contributed by atoms with van der Waals surface area (Å²) < 4.78 is 0. The Morgan fingerprint density at radius 2 is 2.20 bits per heavy atom. The fourth-order valence-corrected chi connectivity index (χ4v) is 2.61. The van der Waals surface area contributed by atoms with E-state index in [4.69, 9.17) is 5.11 Å². The van der Waals surface area contributed by atoms with Gasteiger partial charge in [-0.25, -0.2) is 0 Å². The second-order valence-corrected chi connectivity index (χ2v) is 5.18. The van der Waals surface area contributed by atoms with Gasteiger partial charge in [0, 0.05) is 12.1 Å².